The second-order valence-corrected chi connectivity index (χ2v) is 7.95. The summed E-state index contributed by atoms with van der Waals surface area (Å²) in [5.41, 5.74) is 0.682. The lowest BCUT2D eigenvalue weighted by Crippen LogP contribution is -2.00. The van der Waals surface area contributed by atoms with E-state index in [-0.39, 0.29) is 0 Å². The number of halogens is 3. The van der Waals surface area contributed by atoms with E-state index < -0.39 is 14.7 Å². The fourth-order valence-electron chi connectivity index (χ4n) is 1.40. The van der Waals surface area contributed by atoms with Gasteiger partial charge in [0, 0.05) is 15.4 Å². The highest BCUT2D eigenvalue weighted by Crippen LogP contribution is 2.48. The molecule has 2 rings (SSSR count). The van der Waals surface area contributed by atoms with Crippen molar-refractivity contribution in [2.45, 2.75) is 13.6 Å². The molecule has 0 aromatic heterocycles. The Morgan fingerprint density at radius 2 is 1.69 bits per heavy atom. The quantitative estimate of drug-likeness (QED) is 0.516. The second kappa shape index (κ2) is 4.87. The van der Waals surface area contributed by atoms with Crippen molar-refractivity contribution < 1.29 is 0 Å². The van der Waals surface area contributed by atoms with Crippen LogP contribution in [-0.2, 0) is 3.79 Å². The zero-order valence-corrected chi connectivity index (χ0v) is 12.1. The van der Waals surface area contributed by atoms with Gasteiger partial charge in [0.15, 0.2) is 0 Å². The van der Waals surface area contributed by atoms with Gasteiger partial charge in [-0.05, 0) is 22.9 Å². The molecule has 0 saturated carbocycles. The van der Waals surface area contributed by atoms with E-state index in [1.807, 2.05) is 24.3 Å². The fourth-order valence-corrected chi connectivity index (χ4v) is 3.86. The molecule has 0 amide bonds. The Morgan fingerprint density at radius 1 is 1.06 bits per heavy atom. The molecule has 1 aliphatic heterocycles. The van der Waals surface area contributed by atoms with Crippen LogP contribution >= 0.6 is 58.3 Å². The van der Waals surface area contributed by atoms with Crippen molar-refractivity contribution in [1.82, 2.24) is 0 Å². The first-order valence-electron chi connectivity index (χ1n) is 4.52. The molecule has 1 aliphatic rings. The molecule has 86 valence electrons. The lowest BCUT2D eigenvalue weighted by atomic mass is 10.2. The van der Waals surface area contributed by atoms with Gasteiger partial charge in [-0.25, -0.2) is 0 Å². The zero-order chi connectivity index (χ0) is 11.8. The van der Waals surface area contributed by atoms with Crippen molar-refractivity contribution in [3.8, 4) is 0 Å². The lowest BCUT2D eigenvalue weighted by molar-refractivity contribution is 1.15. The molecule has 0 saturated heterocycles. The Balaban J connectivity index is 2.44. The molecule has 5 heteroatoms. The van der Waals surface area contributed by atoms with E-state index in [2.05, 4.69) is 23.4 Å². The zero-order valence-electron chi connectivity index (χ0n) is 8.07. The predicted octanol–water partition coefficient (Wildman–Crippen LogP) is 5.20. The maximum absolute atomic E-state index is 5.87. The third-order valence-electron chi connectivity index (χ3n) is 2.19. The number of hydrogen-bond donors (Lipinski definition) is 2. The molecule has 0 N–H and O–H groups in total. The summed E-state index contributed by atoms with van der Waals surface area (Å²) in [7, 11) is -0.438. The molecule has 1 heterocycles. The summed E-state index contributed by atoms with van der Waals surface area (Å²) < 4.78 is -1.38. The number of benzene rings is 1. The average Bonchev–Trinajstić information content (AvgIpc) is 2.69. The van der Waals surface area contributed by atoms with E-state index >= 15 is 0 Å². The van der Waals surface area contributed by atoms with Gasteiger partial charge in [-0.1, -0.05) is 53.0 Å². The van der Waals surface area contributed by atoms with Crippen molar-refractivity contribution in [3.63, 3.8) is 0 Å². The van der Waals surface area contributed by atoms with E-state index in [4.69, 9.17) is 34.8 Å². The maximum atomic E-state index is 5.87. The minimum absolute atomic E-state index is 0.438. The van der Waals surface area contributed by atoms with Gasteiger partial charge in [0.05, 0.1) is 0 Å². The topological polar surface area (TPSA) is 0 Å². The molecule has 0 fully saturated rings. The number of rotatable bonds is 1. The Kier molecular flexibility index (Phi) is 3.87. The summed E-state index contributed by atoms with van der Waals surface area (Å²) in [5, 5.41) is 4.29. The molecule has 0 radical (unpaired) electrons. The van der Waals surface area contributed by atoms with E-state index in [9.17, 15) is 0 Å². The van der Waals surface area contributed by atoms with Crippen LogP contribution in [0.25, 0.3) is 0 Å². The first-order valence-corrected chi connectivity index (χ1v) is 7.58. The van der Waals surface area contributed by atoms with Gasteiger partial charge >= 0.3 is 0 Å². The predicted molar refractivity (Wildman–Crippen MR) is 78.5 cm³/mol. The van der Waals surface area contributed by atoms with E-state index in [0.29, 0.717) is 5.56 Å². The molecule has 0 unspecified atom stereocenters. The summed E-state index contributed by atoms with van der Waals surface area (Å²) in [6, 6.07) is 5.58. The van der Waals surface area contributed by atoms with Gasteiger partial charge in [-0.2, -0.15) is 10.9 Å². The molecule has 0 aliphatic carbocycles. The smallest absolute Gasteiger partial charge is 0.185 e. The summed E-state index contributed by atoms with van der Waals surface area (Å²) >= 11 is 22.0. The van der Waals surface area contributed by atoms with Gasteiger partial charge in [0.25, 0.3) is 0 Å². The fraction of sp³-hybridized carbons (Fsp3) is 0.0909. The van der Waals surface area contributed by atoms with Crippen LogP contribution in [-0.4, -0.2) is 0 Å². The second-order valence-electron chi connectivity index (χ2n) is 3.29. The Bertz CT molecular complexity index is 449. The van der Waals surface area contributed by atoms with Crippen molar-refractivity contribution >= 4 is 58.3 Å². The molecular weight excluding hydrogens is 303 g/mol. The van der Waals surface area contributed by atoms with Gasteiger partial charge in [0.2, 0.25) is 3.79 Å². The van der Waals surface area contributed by atoms with E-state index in [1.165, 1.54) is 0 Å². The molecule has 1 aromatic carbocycles. The summed E-state index contributed by atoms with van der Waals surface area (Å²) in [5.74, 6) is 0. The van der Waals surface area contributed by atoms with Crippen molar-refractivity contribution in [2.24, 2.45) is 0 Å². The van der Waals surface area contributed by atoms with Crippen LogP contribution in [0.15, 0.2) is 51.0 Å². The third-order valence-corrected chi connectivity index (χ3v) is 5.32. The Morgan fingerprint density at radius 3 is 2.25 bits per heavy atom. The van der Waals surface area contributed by atoms with Crippen LogP contribution in [0.5, 0.6) is 0 Å². The number of hydrogen-bond acceptors (Lipinski definition) is 1. The summed E-state index contributed by atoms with van der Waals surface area (Å²) in [6.45, 7) is 0. The highest BCUT2D eigenvalue weighted by Gasteiger charge is 2.24. The van der Waals surface area contributed by atoms with Crippen molar-refractivity contribution in [1.29, 1.82) is 0 Å². The van der Waals surface area contributed by atoms with Gasteiger partial charge in [-0.3, -0.25) is 0 Å². The van der Waals surface area contributed by atoms with Gasteiger partial charge in [0.1, 0.15) is 0 Å². The minimum Gasteiger partial charge on any atom is -0.185 e. The summed E-state index contributed by atoms with van der Waals surface area (Å²) in [4.78, 5) is 2.05. The molecule has 0 nitrogen and oxygen atoms in total. The highest BCUT2D eigenvalue weighted by molar-refractivity contribution is 8.22. The molecule has 1 aromatic rings. The number of allylic oxidation sites excluding steroid dienone is 2. The van der Waals surface area contributed by atoms with Crippen LogP contribution in [0.3, 0.4) is 0 Å². The van der Waals surface area contributed by atoms with Crippen molar-refractivity contribution in [2.75, 3.05) is 0 Å². The van der Waals surface area contributed by atoms with Crippen LogP contribution in [0.4, 0.5) is 0 Å². The van der Waals surface area contributed by atoms with E-state index in [1.54, 1.807) is 6.07 Å². The van der Waals surface area contributed by atoms with Crippen LogP contribution in [0.1, 0.15) is 5.56 Å². The summed E-state index contributed by atoms with van der Waals surface area (Å²) in [6.07, 6.45) is 4.06. The Hall–Kier alpha value is 0.270. The molecule has 16 heavy (non-hydrogen) atoms. The molecule has 0 atom stereocenters. The Labute approximate surface area is 118 Å². The highest BCUT2D eigenvalue weighted by atomic mass is 35.6. The maximum Gasteiger partial charge on any atom is 0.216 e. The number of alkyl halides is 3. The third kappa shape index (κ3) is 2.74. The molecule has 0 spiro atoms. The average molecular weight is 312 g/mol. The van der Waals surface area contributed by atoms with Crippen LogP contribution in [0.2, 0.25) is 0 Å². The van der Waals surface area contributed by atoms with Gasteiger partial charge in [-0.15, -0.1) is 12.6 Å². The van der Waals surface area contributed by atoms with E-state index in [0.717, 1.165) is 9.79 Å². The normalized spacial score (nSPS) is 17.1. The van der Waals surface area contributed by atoms with Crippen LogP contribution in [0, 0.1) is 0 Å². The molecule has 0 bridgehead atoms. The SMILES string of the molecule is Sc1ccc(C(Cl)(Cl)Cl)cc1[SH]1C=CC=C1. The standard InChI is InChI=1S/C11H9Cl3S2/c12-11(13,14)8-3-4-9(15)10(7-8)16-5-1-2-6-16/h1-7,15-16H. The van der Waals surface area contributed by atoms with Crippen molar-refractivity contribution in [3.05, 3.63) is 46.7 Å². The van der Waals surface area contributed by atoms with Crippen LogP contribution < -0.4 is 0 Å². The minimum atomic E-state index is -1.38. The first kappa shape index (κ1) is 12.7. The number of thiol groups is 2. The van der Waals surface area contributed by atoms with Gasteiger partial charge < -0.3 is 0 Å². The monoisotopic (exact) mass is 310 g/mol. The largest absolute Gasteiger partial charge is 0.216 e. The first-order chi connectivity index (χ1) is 7.48. The lowest BCUT2D eigenvalue weighted by Gasteiger charge is -2.18. The molecular formula is C11H9Cl3S2.